The number of benzene rings is 1. The van der Waals surface area contributed by atoms with Crippen molar-refractivity contribution in [3.8, 4) is 0 Å². The summed E-state index contributed by atoms with van der Waals surface area (Å²) in [6, 6.07) is 9.81. The fraction of sp³-hybridized carbons (Fsp3) is 0.400. The van der Waals surface area contributed by atoms with Gasteiger partial charge in [0.1, 0.15) is 29.7 Å². The summed E-state index contributed by atoms with van der Waals surface area (Å²) in [4.78, 5) is 13.2. The van der Waals surface area contributed by atoms with Crippen LogP contribution in [0.25, 0.3) is 21.9 Å². The lowest BCUT2D eigenvalue weighted by atomic mass is 9.95. The second-order valence-electron chi connectivity index (χ2n) is 9.45. The highest BCUT2D eigenvalue weighted by Gasteiger charge is 2.42. The standard InChI is InChI=1S/C25H29ClN6O2/c1-13(2)30-24-17-7-8-32(25(17)29-12-28-24)20-11-16(21(33)22(20)34)6-4-14-3-5-15-10-18(26)23(27)31-19(15)9-14/h3,5,7-10,12-13,16,20-22,33-34H,4,6,11H2,1-2H3,(H2,27,31)(H,28,29,30)/t16-,20+,21+,22-/m0/s1. The van der Waals surface area contributed by atoms with Crippen LogP contribution in [0.15, 0.2) is 42.9 Å². The maximum Gasteiger partial charge on any atom is 0.145 e. The number of nitrogen functional groups attached to an aromatic ring is 1. The van der Waals surface area contributed by atoms with E-state index in [9.17, 15) is 10.2 Å². The number of fused-ring (bicyclic) bond motifs is 2. The van der Waals surface area contributed by atoms with Crippen LogP contribution in [0.4, 0.5) is 11.6 Å². The van der Waals surface area contributed by atoms with E-state index in [2.05, 4.69) is 34.1 Å². The molecule has 0 aliphatic heterocycles. The van der Waals surface area contributed by atoms with Gasteiger partial charge in [-0.25, -0.2) is 15.0 Å². The van der Waals surface area contributed by atoms with Crippen molar-refractivity contribution in [2.75, 3.05) is 11.1 Å². The number of nitrogens with one attached hydrogen (secondary N) is 1. The predicted molar refractivity (Wildman–Crippen MR) is 135 cm³/mol. The highest BCUT2D eigenvalue weighted by molar-refractivity contribution is 6.33. The van der Waals surface area contributed by atoms with Crippen LogP contribution in [0.2, 0.25) is 5.02 Å². The molecule has 0 unspecified atom stereocenters. The van der Waals surface area contributed by atoms with Crippen molar-refractivity contribution in [2.45, 2.75) is 57.4 Å². The average molecular weight is 481 g/mol. The molecule has 4 aromatic rings. The third-order valence-corrected chi connectivity index (χ3v) is 7.03. The molecule has 1 aliphatic carbocycles. The lowest BCUT2D eigenvalue weighted by Gasteiger charge is -2.19. The van der Waals surface area contributed by atoms with E-state index >= 15 is 0 Å². The van der Waals surface area contributed by atoms with Gasteiger partial charge in [-0.1, -0.05) is 23.7 Å². The maximum absolute atomic E-state index is 10.9. The summed E-state index contributed by atoms with van der Waals surface area (Å²) in [6.07, 6.45) is 3.97. The van der Waals surface area contributed by atoms with Crippen LogP contribution in [0, 0.1) is 5.92 Å². The number of anilines is 2. The van der Waals surface area contributed by atoms with E-state index in [0.717, 1.165) is 46.2 Å². The SMILES string of the molecule is CC(C)Nc1ncnc2c1ccn2[C@@H]1C[C@H](CCc2ccc3cc(Cl)c(N)nc3c2)[C@@H](O)[C@H]1O. The van der Waals surface area contributed by atoms with Crippen molar-refractivity contribution in [2.24, 2.45) is 5.92 Å². The van der Waals surface area contributed by atoms with E-state index in [1.54, 1.807) is 0 Å². The van der Waals surface area contributed by atoms with Crippen LogP contribution in [-0.2, 0) is 6.42 Å². The van der Waals surface area contributed by atoms with Crippen molar-refractivity contribution in [1.82, 2.24) is 19.5 Å². The summed E-state index contributed by atoms with van der Waals surface area (Å²) in [5.41, 5.74) is 8.52. The summed E-state index contributed by atoms with van der Waals surface area (Å²) in [6.45, 7) is 4.12. The van der Waals surface area contributed by atoms with E-state index in [1.807, 2.05) is 41.1 Å². The van der Waals surface area contributed by atoms with Crippen LogP contribution in [0.1, 0.15) is 38.3 Å². The van der Waals surface area contributed by atoms with Gasteiger partial charge in [0.05, 0.1) is 28.1 Å². The van der Waals surface area contributed by atoms with Crippen molar-refractivity contribution in [3.63, 3.8) is 0 Å². The Morgan fingerprint density at radius 1 is 1.18 bits per heavy atom. The number of rotatable bonds is 6. The van der Waals surface area contributed by atoms with Gasteiger partial charge in [-0.05, 0) is 62.8 Å². The molecule has 5 N–H and O–H groups in total. The van der Waals surface area contributed by atoms with Gasteiger partial charge in [-0.2, -0.15) is 0 Å². The number of halogens is 1. The van der Waals surface area contributed by atoms with E-state index in [0.29, 0.717) is 17.3 Å². The molecule has 1 fully saturated rings. The van der Waals surface area contributed by atoms with Gasteiger partial charge in [0, 0.05) is 17.6 Å². The Kier molecular flexibility index (Phi) is 6.06. The lowest BCUT2D eigenvalue weighted by Crippen LogP contribution is -2.29. The Morgan fingerprint density at radius 2 is 2.00 bits per heavy atom. The number of aliphatic hydroxyl groups is 2. The maximum atomic E-state index is 10.9. The summed E-state index contributed by atoms with van der Waals surface area (Å²) < 4.78 is 1.98. The van der Waals surface area contributed by atoms with Gasteiger partial charge in [0.25, 0.3) is 0 Å². The number of aromatic nitrogens is 4. The molecule has 178 valence electrons. The highest BCUT2D eigenvalue weighted by Crippen LogP contribution is 2.40. The average Bonchev–Trinajstić information content (AvgIpc) is 3.35. The molecule has 3 aromatic heterocycles. The van der Waals surface area contributed by atoms with Crippen LogP contribution in [0.5, 0.6) is 0 Å². The topological polar surface area (TPSA) is 122 Å². The predicted octanol–water partition coefficient (Wildman–Crippen LogP) is 3.95. The van der Waals surface area contributed by atoms with E-state index < -0.39 is 12.2 Å². The highest BCUT2D eigenvalue weighted by atomic mass is 35.5. The summed E-state index contributed by atoms with van der Waals surface area (Å²) >= 11 is 6.07. The zero-order valence-electron chi connectivity index (χ0n) is 19.2. The molecular formula is C25H29ClN6O2. The van der Waals surface area contributed by atoms with E-state index in [4.69, 9.17) is 17.3 Å². The molecule has 0 spiro atoms. The first kappa shape index (κ1) is 22.8. The molecule has 1 aliphatic rings. The van der Waals surface area contributed by atoms with Gasteiger partial charge in [-0.15, -0.1) is 0 Å². The Hall–Kier alpha value is -2.94. The number of nitrogens with two attached hydrogens (primary N) is 1. The Labute approximate surface area is 202 Å². The Balaban J connectivity index is 1.33. The van der Waals surface area contributed by atoms with Gasteiger partial charge in [0.2, 0.25) is 0 Å². The van der Waals surface area contributed by atoms with Crippen molar-refractivity contribution in [1.29, 1.82) is 0 Å². The minimum atomic E-state index is -0.864. The number of hydrogen-bond donors (Lipinski definition) is 4. The molecule has 0 saturated heterocycles. The van der Waals surface area contributed by atoms with Crippen LogP contribution >= 0.6 is 11.6 Å². The number of hydrogen-bond acceptors (Lipinski definition) is 7. The molecule has 0 bridgehead atoms. The quantitative estimate of drug-likeness (QED) is 0.329. The molecule has 5 rings (SSSR count). The minimum Gasteiger partial charge on any atom is -0.390 e. The second-order valence-corrected chi connectivity index (χ2v) is 9.85. The van der Waals surface area contributed by atoms with Crippen molar-refractivity contribution in [3.05, 3.63) is 53.4 Å². The van der Waals surface area contributed by atoms with Crippen molar-refractivity contribution < 1.29 is 10.2 Å². The zero-order chi connectivity index (χ0) is 24.0. The minimum absolute atomic E-state index is 0.0357. The second kappa shape index (κ2) is 9.02. The van der Waals surface area contributed by atoms with E-state index in [1.165, 1.54) is 6.33 Å². The molecule has 0 radical (unpaired) electrons. The largest absolute Gasteiger partial charge is 0.390 e. The van der Waals surface area contributed by atoms with Gasteiger partial charge in [0.15, 0.2) is 0 Å². The zero-order valence-corrected chi connectivity index (χ0v) is 19.9. The van der Waals surface area contributed by atoms with Crippen LogP contribution < -0.4 is 11.1 Å². The third kappa shape index (κ3) is 4.17. The van der Waals surface area contributed by atoms with Gasteiger partial charge in [-0.3, -0.25) is 0 Å². The first-order valence-corrected chi connectivity index (χ1v) is 12.0. The first-order valence-electron chi connectivity index (χ1n) is 11.6. The molecular weight excluding hydrogens is 452 g/mol. The Bertz CT molecular complexity index is 1340. The molecule has 8 nitrogen and oxygen atoms in total. The first-order chi connectivity index (χ1) is 16.3. The summed E-state index contributed by atoms with van der Waals surface area (Å²) in [5, 5.41) is 27.4. The van der Waals surface area contributed by atoms with Crippen molar-refractivity contribution >= 4 is 45.2 Å². The van der Waals surface area contributed by atoms with E-state index in [-0.39, 0.29) is 18.0 Å². The molecule has 1 aromatic carbocycles. The molecule has 34 heavy (non-hydrogen) atoms. The Morgan fingerprint density at radius 3 is 2.79 bits per heavy atom. The smallest absolute Gasteiger partial charge is 0.145 e. The van der Waals surface area contributed by atoms with Crippen LogP contribution in [0.3, 0.4) is 0 Å². The van der Waals surface area contributed by atoms with Crippen LogP contribution in [-0.4, -0.2) is 48.0 Å². The fourth-order valence-corrected chi connectivity index (χ4v) is 5.16. The number of aliphatic hydroxyl groups excluding tert-OH is 2. The lowest BCUT2D eigenvalue weighted by molar-refractivity contribution is 0.00545. The normalized spacial score (nSPS) is 22.8. The fourth-order valence-electron chi connectivity index (χ4n) is 5.00. The molecule has 0 amide bonds. The molecule has 1 saturated carbocycles. The molecule has 9 heteroatoms. The summed E-state index contributed by atoms with van der Waals surface area (Å²) in [5.74, 6) is 1.06. The summed E-state index contributed by atoms with van der Waals surface area (Å²) in [7, 11) is 0. The number of pyridine rings is 1. The van der Waals surface area contributed by atoms with Gasteiger partial charge < -0.3 is 25.8 Å². The third-order valence-electron chi connectivity index (χ3n) is 6.73. The molecule has 4 atom stereocenters. The molecule has 3 heterocycles. The number of aryl methyl sites for hydroxylation is 1. The van der Waals surface area contributed by atoms with Gasteiger partial charge >= 0.3 is 0 Å². The monoisotopic (exact) mass is 480 g/mol. The number of nitrogens with zero attached hydrogens (tertiary/aromatic N) is 4.